The van der Waals surface area contributed by atoms with Crippen LogP contribution in [0.3, 0.4) is 0 Å². The first-order valence-corrected chi connectivity index (χ1v) is 6.48. The molecule has 0 saturated heterocycles. The highest BCUT2D eigenvalue weighted by atomic mass is 16.3. The Bertz CT molecular complexity index is 432. The number of phenolic OH excluding ortho intramolecular Hbond substituents is 1. The topological polar surface area (TPSA) is 20.2 Å². The minimum atomic E-state index is -0.0739. The van der Waals surface area contributed by atoms with Gasteiger partial charge in [-0.15, -0.1) is 0 Å². The highest BCUT2D eigenvalue weighted by Crippen LogP contribution is 2.40. The number of hydrogen-bond acceptors (Lipinski definition) is 1. The molecule has 0 amide bonds. The molecule has 0 spiro atoms. The number of hydrogen-bond donors (Lipinski definition) is 1. The van der Waals surface area contributed by atoms with Crippen LogP contribution >= 0.6 is 0 Å². The molecule has 0 fully saturated rings. The van der Waals surface area contributed by atoms with Gasteiger partial charge in [-0.3, -0.25) is 0 Å². The quantitative estimate of drug-likeness (QED) is 0.737. The first-order chi connectivity index (χ1) is 7.94. The Morgan fingerprint density at radius 2 is 1.28 bits per heavy atom. The fraction of sp³-hybridized carbons (Fsp3) is 0.529. The normalized spacial score (nSPS) is 12.6. The molecule has 0 aliphatic carbocycles. The van der Waals surface area contributed by atoms with E-state index >= 15 is 0 Å². The molecule has 0 aliphatic heterocycles. The van der Waals surface area contributed by atoms with Crippen molar-refractivity contribution in [2.24, 2.45) is 0 Å². The second-order valence-corrected chi connectivity index (χ2v) is 7.20. The molecule has 18 heavy (non-hydrogen) atoms. The summed E-state index contributed by atoms with van der Waals surface area (Å²) in [4.78, 5) is 0. The zero-order valence-corrected chi connectivity index (χ0v) is 12.8. The number of benzene rings is 1. The minimum absolute atomic E-state index is 0.0739. The van der Waals surface area contributed by atoms with Gasteiger partial charge >= 0.3 is 0 Å². The van der Waals surface area contributed by atoms with Crippen molar-refractivity contribution < 1.29 is 5.11 Å². The molecule has 0 saturated carbocycles. The molecule has 0 bridgehead atoms. The Labute approximate surface area is 112 Å². The van der Waals surface area contributed by atoms with Gasteiger partial charge in [-0.05, 0) is 35.4 Å². The van der Waals surface area contributed by atoms with E-state index in [0.717, 1.165) is 22.3 Å². The molecule has 1 N–H and O–H groups in total. The van der Waals surface area contributed by atoms with E-state index in [0.29, 0.717) is 5.75 Å². The molecule has 0 radical (unpaired) electrons. The van der Waals surface area contributed by atoms with Gasteiger partial charge in [0.15, 0.2) is 0 Å². The minimum Gasteiger partial charge on any atom is -0.507 e. The Kier molecular flexibility index (Phi) is 3.67. The van der Waals surface area contributed by atoms with E-state index in [2.05, 4.69) is 60.3 Å². The maximum absolute atomic E-state index is 10.5. The van der Waals surface area contributed by atoms with E-state index in [4.69, 9.17) is 0 Å². The molecule has 0 heterocycles. The SMILES string of the molecule is C=C(C)c1cc(C(C)(C)C)c(O)c(C(C)(C)C)c1. The Balaban J connectivity index is 3.64. The van der Waals surface area contributed by atoms with Crippen molar-refractivity contribution in [3.8, 4) is 5.75 Å². The van der Waals surface area contributed by atoms with Crippen molar-refractivity contribution in [2.75, 3.05) is 0 Å². The lowest BCUT2D eigenvalue weighted by Crippen LogP contribution is -2.17. The third kappa shape index (κ3) is 2.95. The Hall–Kier alpha value is -1.24. The molecule has 1 aromatic carbocycles. The fourth-order valence-corrected chi connectivity index (χ4v) is 2.02. The van der Waals surface area contributed by atoms with Gasteiger partial charge in [0.05, 0.1) is 0 Å². The zero-order chi connectivity index (χ0) is 14.3. The molecule has 1 nitrogen and oxygen atoms in total. The van der Waals surface area contributed by atoms with Crippen LogP contribution in [0.25, 0.3) is 5.57 Å². The predicted octanol–water partition coefficient (Wildman–Crippen LogP) is 5.02. The first-order valence-electron chi connectivity index (χ1n) is 6.48. The lowest BCUT2D eigenvalue weighted by molar-refractivity contribution is 0.423. The van der Waals surface area contributed by atoms with Gasteiger partial charge in [0.2, 0.25) is 0 Å². The van der Waals surface area contributed by atoms with Crippen LogP contribution in [0, 0.1) is 0 Å². The largest absolute Gasteiger partial charge is 0.507 e. The third-order valence-corrected chi connectivity index (χ3v) is 3.22. The molecule has 1 aromatic rings. The van der Waals surface area contributed by atoms with Crippen LogP contribution in [0.15, 0.2) is 18.7 Å². The van der Waals surface area contributed by atoms with Gasteiger partial charge < -0.3 is 5.11 Å². The van der Waals surface area contributed by atoms with E-state index in [1.165, 1.54) is 0 Å². The van der Waals surface area contributed by atoms with E-state index in [-0.39, 0.29) is 10.8 Å². The van der Waals surface area contributed by atoms with Crippen LogP contribution in [0.1, 0.15) is 65.2 Å². The summed E-state index contributed by atoms with van der Waals surface area (Å²) in [5.41, 5.74) is 3.99. The number of rotatable bonds is 1. The van der Waals surface area contributed by atoms with Gasteiger partial charge in [-0.2, -0.15) is 0 Å². The zero-order valence-electron chi connectivity index (χ0n) is 12.8. The van der Waals surface area contributed by atoms with E-state index in [1.54, 1.807) is 0 Å². The standard InChI is InChI=1S/C17H26O/c1-11(2)12-9-13(16(3,4)5)15(18)14(10-12)17(6,7)8/h9-10,18H,1H2,2-8H3. The lowest BCUT2D eigenvalue weighted by atomic mass is 9.78. The van der Waals surface area contributed by atoms with Crippen molar-refractivity contribution in [3.63, 3.8) is 0 Å². The molecule has 0 aromatic heterocycles. The molecule has 1 heteroatoms. The fourth-order valence-electron chi connectivity index (χ4n) is 2.02. The van der Waals surface area contributed by atoms with Crippen LogP contribution in [0.4, 0.5) is 0 Å². The van der Waals surface area contributed by atoms with Crippen molar-refractivity contribution >= 4 is 5.57 Å². The van der Waals surface area contributed by atoms with E-state index in [9.17, 15) is 5.11 Å². The summed E-state index contributed by atoms with van der Waals surface area (Å²) in [7, 11) is 0. The summed E-state index contributed by atoms with van der Waals surface area (Å²) in [5.74, 6) is 0.431. The smallest absolute Gasteiger partial charge is 0.123 e. The molecular weight excluding hydrogens is 220 g/mol. The van der Waals surface area contributed by atoms with E-state index < -0.39 is 0 Å². The lowest BCUT2D eigenvalue weighted by Gasteiger charge is -2.28. The number of aromatic hydroxyl groups is 1. The molecule has 100 valence electrons. The third-order valence-electron chi connectivity index (χ3n) is 3.22. The second kappa shape index (κ2) is 4.46. The summed E-state index contributed by atoms with van der Waals surface area (Å²) in [6, 6.07) is 4.12. The highest BCUT2D eigenvalue weighted by Gasteiger charge is 2.26. The van der Waals surface area contributed by atoms with Crippen LogP contribution < -0.4 is 0 Å². The van der Waals surface area contributed by atoms with Crippen molar-refractivity contribution in [1.82, 2.24) is 0 Å². The Morgan fingerprint density at radius 1 is 0.944 bits per heavy atom. The van der Waals surface area contributed by atoms with Gasteiger partial charge in [0.25, 0.3) is 0 Å². The molecule has 0 aliphatic rings. The molecular formula is C17H26O. The highest BCUT2D eigenvalue weighted by molar-refractivity contribution is 5.66. The monoisotopic (exact) mass is 246 g/mol. The summed E-state index contributed by atoms with van der Waals surface area (Å²) < 4.78 is 0. The van der Waals surface area contributed by atoms with E-state index in [1.807, 2.05) is 6.92 Å². The average molecular weight is 246 g/mol. The van der Waals surface area contributed by atoms with Crippen LogP contribution in [0.5, 0.6) is 5.75 Å². The van der Waals surface area contributed by atoms with Crippen LogP contribution in [-0.2, 0) is 10.8 Å². The van der Waals surface area contributed by atoms with Gasteiger partial charge in [0.1, 0.15) is 5.75 Å². The predicted molar refractivity (Wildman–Crippen MR) is 80.2 cm³/mol. The maximum Gasteiger partial charge on any atom is 0.123 e. The number of allylic oxidation sites excluding steroid dienone is 1. The summed E-state index contributed by atoms with van der Waals surface area (Å²) in [5, 5.41) is 10.5. The maximum atomic E-state index is 10.5. The Morgan fingerprint density at radius 3 is 1.50 bits per heavy atom. The van der Waals surface area contributed by atoms with Gasteiger partial charge in [-0.1, -0.05) is 53.7 Å². The van der Waals surface area contributed by atoms with Crippen LogP contribution in [-0.4, -0.2) is 5.11 Å². The second-order valence-electron chi connectivity index (χ2n) is 7.20. The number of phenols is 1. The van der Waals surface area contributed by atoms with Gasteiger partial charge in [-0.25, -0.2) is 0 Å². The summed E-state index contributed by atoms with van der Waals surface area (Å²) >= 11 is 0. The molecule has 0 atom stereocenters. The molecule has 0 unspecified atom stereocenters. The summed E-state index contributed by atoms with van der Waals surface area (Å²) in [6.07, 6.45) is 0. The van der Waals surface area contributed by atoms with Crippen molar-refractivity contribution in [3.05, 3.63) is 35.4 Å². The van der Waals surface area contributed by atoms with Crippen LogP contribution in [0.2, 0.25) is 0 Å². The van der Waals surface area contributed by atoms with Crippen molar-refractivity contribution in [2.45, 2.75) is 59.3 Å². The first kappa shape index (κ1) is 14.8. The van der Waals surface area contributed by atoms with Crippen molar-refractivity contribution in [1.29, 1.82) is 0 Å². The average Bonchev–Trinajstić information content (AvgIpc) is 2.13. The summed E-state index contributed by atoms with van der Waals surface area (Å²) in [6.45, 7) is 18.8. The molecule has 1 rings (SSSR count). The van der Waals surface area contributed by atoms with Gasteiger partial charge in [0, 0.05) is 11.1 Å².